The average molecular weight is 469 g/mol. The number of carbonyl (C=O) groups is 2. The maximum Gasteiger partial charge on any atom is 0.270 e. The van der Waals surface area contributed by atoms with Gasteiger partial charge in [0.05, 0.1) is 16.9 Å². The zero-order valence-electron chi connectivity index (χ0n) is 16.2. The van der Waals surface area contributed by atoms with E-state index in [9.17, 15) is 14.7 Å². The smallest absolute Gasteiger partial charge is 0.270 e. The molecule has 2 aromatic carbocycles. The van der Waals surface area contributed by atoms with Crippen LogP contribution in [-0.2, 0) is 4.79 Å². The summed E-state index contributed by atoms with van der Waals surface area (Å²) in [6, 6.07) is 18.5. The first-order valence-electron chi connectivity index (χ1n) is 9.49. The molecule has 0 radical (unpaired) electrons. The molecule has 1 fully saturated rings. The summed E-state index contributed by atoms with van der Waals surface area (Å²) in [5.74, 6) is -1.51. The number of nitrogens with one attached hydrogen (secondary N) is 1. The number of rotatable bonds is 6. The second-order valence-corrected chi connectivity index (χ2v) is 8.44. The van der Waals surface area contributed by atoms with E-state index in [1.165, 1.54) is 0 Å². The lowest BCUT2D eigenvalue weighted by Crippen LogP contribution is -2.52. The van der Waals surface area contributed by atoms with Crippen molar-refractivity contribution in [1.29, 1.82) is 0 Å². The summed E-state index contributed by atoms with van der Waals surface area (Å²) in [4.78, 5) is 25.0. The van der Waals surface area contributed by atoms with Crippen molar-refractivity contribution >= 4 is 27.7 Å². The maximum absolute atomic E-state index is 13.2. The first-order chi connectivity index (χ1) is 14.3. The van der Waals surface area contributed by atoms with Crippen LogP contribution in [0.15, 0.2) is 65.1 Å². The Kier molecular flexibility index (Phi) is 5.21. The Morgan fingerprint density at radius 3 is 2.53 bits per heavy atom. The highest BCUT2D eigenvalue weighted by Gasteiger charge is 2.62. The molecule has 0 bridgehead atoms. The lowest BCUT2D eigenvalue weighted by atomic mass is 10.0. The predicted octanol–water partition coefficient (Wildman–Crippen LogP) is 2.45. The number of aryl methyl sites for hydroxylation is 1. The van der Waals surface area contributed by atoms with Crippen LogP contribution in [0.5, 0.6) is 0 Å². The molecule has 0 spiro atoms. The van der Waals surface area contributed by atoms with Crippen molar-refractivity contribution in [2.45, 2.75) is 30.9 Å². The van der Waals surface area contributed by atoms with Gasteiger partial charge in [-0.2, -0.15) is 5.10 Å². The van der Waals surface area contributed by atoms with Crippen LogP contribution >= 0.6 is 15.9 Å². The van der Waals surface area contributed by atoms with Gasteiger partial charge in [0.2, 0.25) is 5.91 Å². The molecule has 154 valence electrons. The summed E-state index contributed by atoms with van der Waals surface area (Å²) in [5, 5.41) is 17.9. The number of nitrogens with two attached hydrogens (primary N) is 1. The summed E-state index contributed by atoms with van der Waals surface area (Å²) < 4.78 is 2.45. The number of amides is 2. The number of halogens is 1. The molecule has 4 N–H and O–H groups in total. The molecule has 2 unspecified atom stereocenters. The molecule has 1 heterocycles. The molecular weight excluding hydrogens is 448 g/mol. The van der Waals surface area contributed by atoms with Crippen LogP contribution in [0.2, 0.25) is 0 Å². The Labute approximate surface area is 182 Å². The van der Waals surface area contributed by atoms with Crippen LogP contribution in [-0.4, -0.2) is 38.3 Å². The standard InChI is InChI=1S/C22H21BrN4O3/c1-13-11-18(27(26-13)16-9-7-15(23)8-10-16)21(30)25-22(19(28)20(24)29)12-17(22)14-5-3-2-4-6-14/h2-11,17,19,28H,12H2,1H3,(H2,24,29)(H,25,30)/t17-,19?,22?/m0/s1. The first kappa shape index (κ1) is 20.3. The highest BCUT2D eigenvalue weighted by Crippen LogP contribution is 2.53. The average Bonchev–Trinajstić information content (AvgIpc) is 3.32. The third kappa shape index (κ3) is 3.64. The number of nitrogens with zero attached hydrogens (tertiary/aromatic N) is 2. The van der Waals surface area contributed by atoms with Crippen LogP contribution in [0, 0.1) is 6.92 Å². The highest BCUT2D eigenvalue weighted by atomic mass is 79.9. The molecule has 2 amide bonds. The number of benzene rings is 2. The lowest BCUT2D eigenvalue weighted by molar-refractivity contribution is -0.127. The lowest BCUT2D eigenvalue weighted by Gasteiger charge is -2.23. The second-order valence-electron chi connectivity index (χ2n) is 7.53. The molecule has 1 aliphatic rings. The van der Waals surface area contributed by atoms with E-state index in [1.807, 2.05) is 54.6 Å². The van der Waals surface area contributed by atoms with E-state index in [0.29, 0.717) is 17.8 Å². The fourth-order valence-electron chi connectivity index (χ4n) is 3.86. The van der Waals surface area contributed by atoms with E-state index in [1.54, 1.807) is 17.7 Å². The Morgan fingerprint density at radius 1 is 1.23 bits per heavy atom. The summed E-state index contributed by atoms with van der Waals surface area (Å²) >= 11 is 3.40. The van der Waals surface area contributed by atoms with Crippen molar-refractivity contribution in [3.8, 4) is 5.69 Å². The fourth-order valence-corrected chi connectivity index (χ4v) is 4.12. The zero-order valence-corrected chi connectivity index (χ0v) is 17.8. The number of aromatic nitrogens is 2. The normalized spacial score (nSPS) is 21.1. The van der Waals surface area contributed by atoms with Gasteiger partial charge in [-0.15, -0.1) is 0 Å². The molecule has 8 heteroatoms. The Balaban J connectivity index is 1.67. The molecular formula is C22H21BrN4O3. The van der Waals surface area contributed by atoms with Gasteiger partial charge in [0, 0.05) is 10.4 Å². The van der Waals surface area contributed by atoms with Crippen molar-refractivity contribution < 1.29 is 14.7 Å². The Morgan fingerprint density at radius 2 is 1.90 bits per heavy atom. The van der Waals surface area contributed by atoms with E-state index in [-0.39, 0.29) is 5.92 Å². The third-order valence-electron chi connectivity index (χ3n) is 5.44. The van der Waals surface area contributed by atoms with E-state index in [2.05, 4.69) is 26.3 Å². The van der Waals surface area contributed by atoms with E-state index in [0.717, 1.165) is 15.7 Å². The van der Waals surface area contributed by atoms with Crippen molar-refractivity contribution in [3.63, 3.8) is 0 Å². The summed E-state index contributed by atoms with van der Waals surface area (Å²) in [5.41, 5.74) is 6.87. The molecule has 0 aliphatic heterocycles. The molecule has 4 rings (SSSR count). The van der Waals surface area contributed by atoms with Gasteiger partial charge in [-0.05, 0) is 49.2 Å². The van der Waals surface area contributed by atoms with Gasteiger partial charge >= 0.3 is 0 Å². The van der Waals surface area contributed by atoms with Crippen molar-refractivity contribution in [2.24, 2.45) is 5.73 Å². The van der Waals surface area contributed by atoms with Crippen LogP contribution < -0.4 is 11.1 Å². The highest BCUT2D eigenvalue weighted by molar-refractivity contribution is 9.10. The molecule has 7 nitrogen and oxygen atoms in total. The molecule has 3 atom stereocenters. The molecule has 1 aromatic heterocycles. The van der Waals surface area contributed by atoms with E-state index < -0.39 is 23.5 Å². The summed E-state index contributed by atoms with van der Waals surface area (Å²) in [6.45, 7) is 1.80. The SMILES string of the molecule is Cc1cc(C(=O)NC2(C(O)C(N)=O)C[C@H]2c2ccccc2)n(-c2ccc(Br)cc2)n1. The minimum Gasteiger partial charge on any atom is -0.381 e. The number of hydrogen-bond donors (Lipinski definition) is 3. The minimum absolute atomic E-state index is 0.213. The monoisotopic (exact) mass is 468 g/mol. The van der Waals surface area contributed by atoms with Crippen LogP contribution in [0.4, 0.5) is 0 Å². The Bertz CT molecular complexity index is 1100. The molecule has 1 aliphatic carbocycles. The van der Waals surface area contributed by atoms with Crippen molar-refractivity contribution in [1.82, 2.24) is 15.1 Å². The van der Waals surface area contributed by atoms with Crippen LogP contribution in [0.1, 0.15) is 34.1 Å². The van der Waals surface area contributed by atoms with Gasteiger partial charge in [0.25, 0.3) is 5.91 Å². The maximum atomic E-state index is 13.2. The largest absolute Gasteiger partial charge is 0.381 e. The van der Waals surface area contributed by atoms with Gasteiger partial charge in [-0.1, -0.05) is 46.3 Å². The Hall–Kier alpha value is -2.97. The predicted molar refractivity (Wildman–Crippen MR) is 115 cm³/mol. The van der Waals surface area contributed by atoms with Gasteiger partial charge in [-0.25, -0.2) is 4.68 Å². The number of primary amides is 1. The van der Waals surface area contributed by atoms with Crippen LogP contribution in [0.3, 0.4) is 0 Å². The van der Waals surface area contributed by atoms with Gasteiger partial charge in [-0.3, -0.25) is 9.59 Å². The van der Waals surface area contributed by atoms with Gasteiger partial charge in [0.1, 0.15) is 5.69 Å². The summed E-state index contributed by atoms with van der Waals surface area (Å²) in [7, 11) is 0. The molecule has 3 aromatic rings. The molecule has 30 heavy (non-hydrogen) atoms. The topological polar surface area (TPSA) is 110 Å². The number of carbonyl (C=O) groups excluding carboxylic acids is 2. The minimum atomic E-state index is -1.50. The van der Waals surface area contributed by atoms with Crippen molar-refractivity contribution in [3.05, 3.63) is 82.1 Å². The van der Waals surface area contributed by atoms with E-state index >= 15 is 0 Å². The van der Waals surface area contributed by atoms with Crippen molar-refractivity contribution in [2.75, 3.05) is 0 Å². The number of aliphatic hydroxyl groups excluding tert-OH is 1. The zero-order chi connectivity index (χ0) is 21.5. The van der Waals surface area contributed by atoms with Gasteiger partial charge in [0.15, 0.2) is 6.10 Å². The number of hydrogen-bond acceptors (Lipinski definition) is 4. The first-order valence-corrected chi connectivity index (χ1v) is 10.3. The molecule has 1 saturated carbocycles. The number of aliphatic hydroxyl groups is 1. The summed E-state index contributed by atoms with van der Waals surface area (Å²) in [6.07, 6.45) is -1.09. The molecule has 0 saturated heterocycles. The van der Waals surface area contributed by atoms with E-state index in [4.69, 9.17) is 5.73 Å². The van der Waals surface area contributed by atoms with Crippen LogP contribution in [0.25, 0.3) is 5.69 Å². The second kappa shape index (κ2) is 7.70. The fraction of sp³-hybridized carbons (Fsp3) is 0.227. The quantitative estimate of drug-likeness (QED) is 0.515. The third-order valence-corrected chi connectivity index (χ3v) is 5.97. The van der Waals surface area contributed by atoms with Gasteiger partial charge < -0.3 is 16.2 Å².